The molecule has 9 nitrogen and oxygen atoms in total. The van der Waals surface area contributed by atoms with Crippen LogP contribution in [0.1, 0.15) is 38.7 Å². The topological polar surface area (TPSA) is 106 Å². The molecule has 2 amide bonds. The molecule has 0 unspecified atom stereocenters. The third kappa shape index (κ3) is 4.90. The zero-order valence-electron chi connectivity index (χ0n) is 17.0. The quantitative estimate of drug-likeness (QED) is 0.645. The van der Waals surface area contributed by atoms with E-state index in [0.29, 0.717) is 12.2 Å². The molecular formula is C21H22FN7O2. The molecule has 0 aliphatic carbocycles. The second-order valence-electron chi connectivity index (χ2n) is 7.48. The number of halogens is 1. The first-order chi connectivity index (χ1) is 15.0. The van der Waals surface area contributed by atoms with Crippen LogP contribution >= 0.6 is 0 Å². The van der Waals surface area contributed by atoms with Crippen molar-refractivity contribution >= 4 is 11.8 Å². The molecule has 3 heterocycles. The summed E-state index contributed by atoms with van der Waals surface area (Å²) in [5.41, 5.74) is 1.99. The number of aryl methyl sites for hydroxylation is 1. The average molecular weight is 423 g/mol. The lowest BCUT2D eigenvalue weighted by atomic mass is 10.2. The maximum atomic E-state index is 14.1. The van der Waals surface area contributed by atoms with Crippen LogP contribution in [-0.2, 0) is 13.1 Å². The highest BCUT2D eigenvalue weighted by Crippen LogP contribution is 2.23. The highest BCUT2D eigenvalue weighted by Gasteiger charge is 2.36. The maximum absolute atomic E-state index is 14.1. The number of nitrogens with zero attached hydrogens (tertiary/aromatic N) is 6. The van der Waals surface area contributed by atoms with Crippen LogP contribution < -0.4 is 5.32 Å². The fraction of sp³-hybridized carbons (Fsp3) is 0.333. The lowest BCUT2D eigenvalue weighted by molar-refractivity contribution is 0.0707. The number of nitrogens with one attached hydrogen (secondary N) is 1. The third-order valence-corrected chi connectivity index (χ3v) is 5.09. The Bertz CT molecular complexity index is 1060. The first kappa shape index (κ1) is 20.6. The summed E-state index contributed by atoms with van der Waals surface area (Å²) in [4.78, 5) is 34.8. The molecular weight excluding hydrogens is 401 g/mol. The fourth-order valence-electron chi connectivity index (χ4n) is 3.51. The minimum absolute atomic E-state index is 0.0157. The zero-order valence-corrected chi connectivity index (χ0v) is 17.0. The summed E-state index contributed by atoms with van der Waals surface area (Å²) in [5.74, 6) is -0.730. The fourth-order valence-corrected chi connectivity index (χ4v) is 3.51. The molecule has 2 aromatic heterocycles. The number of hydrogen-bond acceptors (Lipinski definition) is 6. The Morgan fingerprint density at radius 2 is 1.97 bits per heavy atom. The number of benzene rings is 1. The highest BCUT2D eigenvalue weighted by molar-refractivity contribution is 5.92. The first-order valence-electron chi connectivity index (χ1n) is 9.95. The molecule has 1 aliphatic rings. The van der Waals surface area contributed by atoms with Gasteiger partial charge in [-0.05, 0) is 12.5 Å². The van der Waals surface area contributed by atoms with E-state index in [0.717, 1.165) is 5.56 Å². The standard InChI is InChI=1S/C21H22FN7O2/c1-14-8-24-18(10-23-14)21(31)29-11-16(22)7-17(29)12-28-13-19(26-27-28)20(30)25-9-15-5-3-2-4-6-15/h2-6,8,10,13,16-17H,7,9,11-12H2,1H3,(H,25,30)/t16-,17-/m0/s1. The van der Waals surface area contributed by atoms with Crippen molar-refractivity contribution in [2.75, 3.05) is 6.54 Å². The molecule has 1 aromatic carbocycles. The van der Waals surface area contributed by atoms with Gasteiger partial charge in [-0.25, -0.2) is 14.1 Å². The van der Waals surface area contributed by atoms with Crippen LogP contribution in [0.2, 0.25) is 0 Å². The van der Waals surface area contributed by atoms with E-state index in [1.807, 2.05) is 30.3 Å². The molecule has 31 heavy (non-hydrogen) atoms. The number of likely N-dealkylation sites (tertiary alicyclic amines) is 1. The summed E-state index contributed by atoms with van der Waals surface area (Å²) >= 11 is 0. The molecule has 3 aromatic rings. The van der Waals surface area contributed by atoms with Crippen molar-refractivity contribution in [3.05, 3.63) is 71.6 Å². The van der Waals surface area contributed by atoms with Gasteiger partial charge in [-0.1, -0.05) is 35.5 Å². The summed E-state index contributed by atoms with van der Waals surface area (Å²) in [6, 6.07) is 9.09. The molecule has 2 atom stereocenters. The Morgan fingerprint density at radius 3 is 2.71 bits per heavy atom. The lowest BCUT2D eigenvalue weighted by Gasteiger charge is -2.23. The number of amides is 2. The van der Waals surface area contributed by atoms with Crippen molar-refractivity contribution in [3.8, 4) is 0 Å². The Morgan fingerprint density at radius 1 is 1.16 bits per heavy atom. The molecule has 1 fully saturated rings. The highest BCUT2D eigenvalue weighted by atomic mass is 19.1. The van der Waals surface area contributed by atoms with Gasteiger partial charge in [0, 0.05) is 19.2 Å². The van der Waals surface area contributed by atoms with Crippen LogP contribution in [0, 0.1) is 6.92 Å². The molecule has 1 saturated heterocycles. The van der Waals surface area contributed by atoms with E-state index in [9.17, 15) is 14.0 Å². The average Bonchev–Trinajstić information content (AvgIpc) is 3.39. The largest absolute Gasteiger partial charge is 0.347 e. The molecule has 160 valence electrons. The summed E-state index contributed by atoms with van der Waals surface area (Å²) in [7, 11) is 0. The molecule has 10 heteroatoms. The van der Waals surface area contributed by atoms with Crippen molar-refractivity contribution in [2.45, 2.75) is 38.6 Å². The van der Waals surface area contributed by atoms with Gasteiger partial charge in [-0.2, -0.15) is 0 Å². The number of alkyl halides is 1. The normalized spacial score (nSPS) is 18.2. The number of hydrogen-bond donors (Lipinski definition) is 1. The minimum Gasteiger partial charge on any atom is -0.347 e. The number of carbonyl (C=O) groups is 2. The molecule has 0 spiro atoms. The van der Waals surface area contributed by atoms with Crippen molar-refractivity contribution in [1.82, 2.24) is 35.2 Å². The summed E-state index contributed by atoms with van der Waals surface area (Å²) < 4.78 is 15.6. The van der Waals surface area contributed by atoms with Gasteiger partial charge >= 0.3 is 0 Å². The van der Waals surface area contributed by atoms with Crippen molar-refractivity contribution in [1.29, 1.82) is 0 Å². The monoisotopic (exact) mass is 423 g/mol. The SMILES string of the molecule is Cc1cnc(C(=O)N2C[C@@H](F)C[C@H]2Cn2cc(C(=O)NCc3ccccc3)nn2)cn1. The second kappa shape index (κ2) is 8.99. The van der Waals surface area contributed by atoms with E-state index in [2.05, 4.69) is 25.6 Å². The van der Waals surface area contributed by atoms with Gasteiger partial charge < -0.3 is 10.2 Å². The predicted molar refractivity (Wildman–Crippen MR) is 109 cm³/mol. The Labute approximate surface area is 178 Å². The summed E-state index contributed by atoms with van der Waals surface area (Å²) in [6.45, 7) is 2.36. The number of rotatable bonds is 6. The van der Waals surface area contributed by atoms with Crippen LogP contribution in [0.25, 0.3) is 0 Å². The van der Waals surface area contributed by atoms with Gasteiger partial charge in [0.1, 0.15) is 11.9 Å². The van der Waals surface area contributed by atoms with Crippen molar-refractivity contribution < 1.29 is 14.0 Å². The first-order valence-corrected chi connectivity index (χ1v) is 9.95. The third-order valence-electron chi connectivity index (χ3n) is 5.09. The lowest BCUT2D eigenvalue weighted by Crippen LogP contribution is -2.39. The molecule has 4 rings (SSSR count). The number of carbonyl (C=O) groups excluding carboxylic acids is 2. The predicted octanol–water partition coefficient (Wildman–Crippen LogP) is 1.56. The van der Waals surface area contributed by atoms with E-state index in [-0.39, 0.29) is 42.7 Å². The zero-order chi connectivity index (χ0) is 21.8. The Hall–Kier alpha value is -3.69. The van der Waals surface area contributed by atoms with Gasteiger partial charge in [-0.3, -0.25) is 14.6 Å². The molecule has 0 saturated carbocycles. The van der Waals surface area contributed by atoms with Crippen molar-refractivity contribution in [2.24, 2.45) is 0 Å². The van der Waals surface area contributed by atoms with Gasteiger partial charge in [0.2, 0.25) is 0 Å². The second-order valence-corrected chi connectivity index (χ2v) is 7.48. The molecule has 1 aliphatic heterocycles. The molecule has 0 radical (unpaired) electrons. The molecule has 0 bridgehead atoms. The smallest absolute Gasteiger partial charge is 0.274 e. The van der Waals surface area contributed by atoms with Crippen LogP contribution in [0.3, 0.4) is 0 Å². The van der Waals surface area contributed by atoms with E-state index in [1.165, 1.54) is 28.2 Å². The Kier molecular flexibility index (Phi) is 5.96. The van der Waals surface area contributed by atoms with E-state index < -0.39 is 12.2 Å². The van der Waals surface area contributed by atoms with Crippen LogP contribution in [0.5, 0.6) is 0 Å². The Balaban J connectivity index is 1.40. The van der Waals surface area contributed by atoms with Crippen LogP contribution in [0.15, 0.2) is 48.9 Å². The van der Waals surface area contributed by atoms with Crippen molar-refractivity contribution in [3.63, 3.8) is 0 Å². The van der Waals surface area contributed by atoms with E-state index in [1.54, 1.807) is 6.92 Å². The summed E-state index contributed by atoms with van der Waals surface area (Å²) in [5, 5.41) is 10.7. The van der Waals surface area contributed by atoms with Gasteiger partial charge in [0.15, 0.2) is 5.69 Å². The van der Waals surface area contributed by atoms with Gasteiger partial charge in [0.25, 0.3) is 11.8 Å². The minimum atomic E-state index is -1.13. The van der Waals surface area contributed by atoms with Gasteiger partial charge in [0.05, 0.1) is 37.2 Å². The molecule has 1 N–H and O–H groups in total. The van der Waals surface area contributed by atoms with Crippen LogP contribution in [0.4, 0.5) is 4.39 Å². The summed E-state index contributed by atoms with van der Waals surface area (Å²) in [6.07, 6.45) is 3.44. The van der Waals surface area contributed by atoms with Gasteiger partial charge in [-0.15, -0.1) is 5.10 Å². The maximum Gasteiger partial charge on any atom is 0.274 e. The number of aromatic nitrogens is 5. The van der Waals surface area contributed by atoms with Crippen LogP contribution in [-0.4, -0.2) is 60.4 Å². The van der Waals surface area contributed by atoms with E-state index in [4.69, 9.17) is 0 Å². The van der Waals surface area contributed by atoms with E-state index >= 15 is 0 Å².